The Morgan fingerprint density at radius 1 is 1.45 bits per heavy atom. The maximum atomic E-state index is 11.5. The Morgan fingerprint density at radius 2 is 2.25 bits per heavy atom. The Kier molecular flexibility index (Phi) is 7.17. The molecule has 0 fully saturated rings. The van der Waals surface area contributed by atoms with Crippen LogP contribution in [0.1, 0.15) is 38.4 Å². The summed E-state index contributed by atoms with van der Waals surface area (Å²) in [6.45, 7) is 2.59. The zero-order chi connectivity index (χ0) is 14.8. The van der Waals surface area contributed by atoms with Crippen LogP contribution in [0.15, 0.2) is 28.9 Å². The molecule has 20 heavy (non-hydrogen) atoms. The monoisotopic (exact) mass is 279 g/mol. The lowest BCUT2D eigenvalue weighted by Crippen LogP contribution is -2.24. The smallest absolute Gasteiger partial charge is 0.303 e. The van der Waals surface area contributed by atoms with E-state index in [0.717, 1.165) is 12.8 Å². The Morgan fingerprint density at radius 3 is 2.85 bits per heavy atom. The number of amides is 1. The van der Waals surface area contributed by atoms with E-state index in [4.69, 9.17) is 9.52 Å². The van der Waals surface area contributed by atoms with E-state index in [0.29, 0.717) is 24.6 Å². The van der Waals surface area contributed by atoms with Crippen molar-refractivity contribution in [3.63, 3.8) is 0 Å². The highest BCUT2D eigenvalue weighted by Crippen LogP contribution is 2.14. The summed E-state index contributed by atoms with van der Waals surface area (Å²) >= 11 is 0. The first kappa shape index (κ1) is 16.0. The van der Waals surface area contributed by atoms with Gasteiger partial charge in [0.15, 0.2) is 0 Å². The molecular formula is C15H21NO4. The SMILES string of the molecule is CCC(CCNC(=O)C=Cc1ccco1)CCC(=O)O. The molecule has 0 saturated carbocycles. The molecule has 0 aliphatic rings. The highest BCUT2D eigenvalue weighted by molar-refractivity contribution is 5.91. The van der Waals surface area contributed by atoms with Crippen molar-refractivity contribution in [3.8, 4) is 0 Å². The van der Waals surface area contributed by atoms with Gasteiger partial charge in [0, 0.05) is 19.0 Å². The number of hydrogen-bond donors (Lipinski definition) is 2. The van der Waals surface area contributed by atoms with Gasteiger partial charge in [-0.2, -0.15) is 0 Å². The van der Waals surface area contributed by atoms with E-state index >= 15 is 0 Å². The second-order valence-corrected chi connectivity index (χ2v) is 4.64. The van der Waals surface area contributed by atoms with E-state index in [1.165, 1.54) is 6.08 Å². The summed E-state index contributed by atoms with van der Waals surface area (Å²) in [5.74, 6) is 0.0249. The number of carbonyl (C=O) groups excluding carboxylic acids is 1. The predicted molar refractivity (Wildman–Crippen MR) is 76.0 cm³/mol. The molecule has 1 atom stereocenters. The van der Waals surface area contributed by atoms with Gasteiger partial charge < -0.3 is 14.8 Å². The molecule has 0 aromatic carbocycles. The zero-order valence-corrected chi connectivity index (χ0v) is 11.7. The van der Waals surface area contributed by atoms with Crippen LogP contribution in [0.4, 0.5) is 0 Å². The van der Waals surface area contributed by atoms with Crippen LogP contribution >= 0.6 is 0 Å². The van der Waals surface area contributed by atoms with Crippen molar-refractivity contribution >= 4 is 18.0 Å². The summed E-state index contributed by atoms with van der Waals surface area (Å²) in [5, 5.41) is 11.4. The lowest BCUT2D eigenvalue weighted by molar-refractivity contribution is -0.137. The van der Waals surface area contributed by atoms with Crippen molar-refractivity contribution in [1.82, 2.24) is 5.32 Å². The fourth-order valence-electron chi connectivity index (χ4n) is 1.88. The van der Waals surface area contributed by atoms with Crippen LogP contribution in [0.3, 0.4) is 0 Å². The van der Waals surface area contributed by atoms with E-state index in [2.05, 4.69) is 5.32 Å². The molecule has 0 spiro atoms. The molecule has 0 aliphatic carbocycles. The van der Waals surface area contributed by atoms with Crippen LogP contribution in [0.25, 0.3) is 6.08 Å². The third kappa shape index (κ3) is 6.78. The number of nitrogens with one attached hydrogen (secondary N) is 1. The van der Waals surface area contributed by atoms with Crippen molar-refractivity contribution in [3.05, 3.63) is 30.2 Å². The topological polar surface area (TPSA) is 79.5 Å². The summed E-state index contributed by atoms with van der Waals surface area (Å²) in [6.07, 6.45) is 7.14. The standard InChI is InChI=1S/C15H21NO4/c1-2-12(5-8-15(18)19)9-10-16-14(17)7-6-13-4-3-11-20-13/h3-4,6-7,11-12H,2,5,8-10H2,1H3,(H,16,17)(H,18,19). The molecule has 0 radical (unpaired) electrons. The van der Waals surface area contributed by atoms with Crippen molar-refractivity contribution in [1.29, 1.82) is 0 Å². The molecule has 5 heteroatoms. The normalized spacial score (nSPS) is 12.4. The maximum absolute atomic E-state index is 11.5. The van der Waals surface area contributed by atoms with Gasteiger partial charge in [-0.3, -0.25) is 9.59 Å². The predicted octanol–water partition coefficient (Wildman–Crippen LogP) is 2.69. The lowest BCUT2D eigenvalue weighted by Gasteiger charge is -2.13. The van der Waals surface area contributed by atoms with Crippen molar-refractivity contribution < 1.29 is 19.1 Å². The fourth-order valence-corrected chi connectivity index (χ4v) is 1.88. The van der Waals surface area contributed by atoms with Gasteiger partial charge in [0.1, 0.15) is 5.76 Å². The third-order valence-corrected chi connectivity index (χ3v) is 3.14. The van der Waals surface area contributed by atoms with Gasteiger partial charge in [-0.1, -0.05) is 13.3 Å². The molecule has 1 rings (SSSR count). The highest BCUT2D eigenvalue weighted by Gasteiger charge is 2.09. The first-order valence-electron chi connectivity index (χ1n) is 6.83. The zero-order valence-electron chi connectivity index (χ0n) is 11.7. The third-order valence-electron chi connectivity index (χ3n) is 3.14. The van der Waals surface area contributed by atoms with Gasteiger partial charge in [0.2, 0.25) is 5.91 Å². The van der Waals surface area contributed by atoms with E-state index in [1.54, 1.807) is 24.5 Å². The summed E-state index contributed by atoms with van der Waals surface area (Å²) in [5.41, 5.74) is 0. The largest absolute Gasteiger partial charge is 0.481 e. The highest BCUT2D eigenvalue weighted by atomic mass is 16.4. The Bertz CT molecular complexity index is 437. The van der Waals surface area contributed by atoms with Crippen LogP contribution < -0.4 is 5.32 Å². The average Bonchev–Trinajstić information content (AvgIpc) is 2.93. The molecular weight excluding hydrogens is 258 g/mol. The molecule has 1 amide bonds. The number of rotatable bonds is 9. The molecule has 1 heterocycles. The fraction of sp³-hybridized carbons (Fsp3) is 0.467. The van der Waals surface area contributed by atoms with E-state index < -0.39 is 5.97 Å². The summed E-state index contributed by atoms with van der Waals surface area (Å²) in [6, 6.07) is 3.52. The molecule has 0 bridgehead atoms. The number of carbonyl (C=O) groups is 2. The first-order valence-corrected chi connectivity index (χ1v) is 6.83. The maximum Gasteiger partial charge on any atom is 0.303 e. The summed E-state index contributed by atoms with van der Waals surface area (Å²) in [4.78, 5) is 22.1. The van der Waals surface area contributed by atoms with Gasteiger partial charge in [0.05, 0.1) is 6.26 Å². The minimum atomic E-state index is -0.770. The molecule has 0 saturated heterocycles. The number of aliphatic carboxylic acids is 1. The first-order chi connectivity index (χ1) is 9.61. The lowest BCUT2D eigenvalue weighted by atomic mass is 9.97. The molecule has 5 nitrogen and oxygen atoms in total. The van der Waals surface area contributed by atoms with Gasteiger partial charge in [-0.25, -0.2) is 0 Å². The minimum absolute atomic E-state index is 0.172. The minimum Gasteiger partial charge on any atom is -0.481 e. The molecule has 0 aliphatic heterocycles. The molecule has 1 unspecified atom stereocenters. The number of carboxylic acids is 1. The van der Waals surface area contributed by atoms with E-state index in [9.17, 15) is 9.59 Å². The molecule has 1 aromatic heterocycles. The molecule has 1 aromatic rings. The van der Waals surface area contributed by atoms with E-state index in [-0.39, 0.29) is 12.3 Å². The van der Waals surface area contributed by atoms with Gasteiger partial charge in [-0.15, -0.1) is 0 Å². The van der Waals surface area contributed by atoms with Gasteiger partial charge in [-0.05, 0) is 37.0 Å². The quantitative estimate of drug-likeness (QED) is 0.681. The van der Waals surface area contributed by atoms with Crippen LogP contribution in [0.5, 0.6) is 0 Å². The van der Waals surface area contributed by atoms with Crippen molar-refractivity contribution in [2.45, 2.75) is 32.6 Å². The molecule has 2 N–H and O–H groups in total. The van der Waals surface area contributed by atoms with Crippen LogP contribution in [-0.2, 0) is 9.59 Å². The number of hydrogen-bond acceptors (Lipinski definition) is 3. The summed E-state index contributed by atoms with van der Waals surface area (Å²) in [7, 11) is 0. The van der Waals surface area contributed by atoms with Crippen molar-refractivity contribution in [2.24, 2.45) is 5.92 Å². The second-order valence-electron chi connectivity index (χ2n) is 4.64. The summed E-state index contributed by atoms with van der Waals surface area (Å²) < 4.78 is 5.08. The second kappa shape index (κ2) is 8.96. The van der Waals surface area contributed by atoms with Gasteiger partial charge in [0.25, 0.3) is 0 Å². The van der Waals surface area contributed by atoms with Crippen molar-refractivity contribution in [2.75, 3.05) is 6.54 Å². The van der Waals surface area contributed by atoms with Gasteiger partial charge >= 0.3 is 5.97 Å². The van der Waals surface area contributed by atoms with Crippen LogP contribution in [-0.4, -0.2) is 23.5 Å². The van der Waals surface area contributed by atoms with Crippen LogP contribution in [0, 0.1) is 5.92 Å². The van der Waals surface area contributed by atoms with Crippen LogP contribution in [0.2, 0.25) is 0 Å². The Balaban J connectivity index is 2.21. The number of carboxylic acid groups (broad SMARTS) is 1. The Hall–Kier alpha value is -2.04. The average molecular weight is 279 g/mol. The van der Waals surface area contributed by atoms with E-state index in [1.807, 2.05) is 6.92 Å². The number of furan rings is 1. The molecule has 110 valence electrons. The Labute approximate surface area is 118 Å².